The minimum absolute atomic E-state index is 0.880. The summed E-state index contributed by atoms with van der Waals surface area (Å²) in [7, 11) is 2.15. The summed E-state index contributed by atoms with van der Waals surface area (Å²) in [6.45, 7) is 2.03. The van der Waals surface area contributed by atoms with Crippen LogP contribution in [-0.2, 0) is 5.33 Å². The molecule has 0 spiro atoms. The third kappa shape index (κ3) is 2.47. The molecule has 0 N–H and O–H groups in total. The number of para-hydroxylation sites is 2. The zero-order valence-corrected chi connectivity index (χ0v) is 14.5. The standard InChI is InChI=1S/C16H16Br2N2/c1-19-8-9-20(16-5-3-2-4-15(16)19)14-7-6-12(11-17)10-13(14)18/h2-7,10H,8-9,11H2,1H3. The van der Waals surface area contributed by atoms with E-state index in [-0.39, 0.29) is 0 Å². The lowest BCUT2D eigenvalue weighted by atomic mass is 10.1. The number of halogens is 2. The van der Waals surface area contributed by atoms with E-state index in [1.807, 2.05) is 0 Å². The van der Waals surface area contributed by atoms with Crippen molar-refractivity contribution >= 4 is 48.9 Å². The Morgan fingerprint density at radius 1 is 1.00 bits per heavy atom. The van der Waals surface area contributed by atoms with Crippen LogP contribution in [0.2, 0.25) is 0 Å². The summed E-state index contributed by atoms with van der Waals surface area (Å²) < 4.78 is 1.15. The molecule has 4 heteroatoms. The molecule has 20 heavy (non-hydrogen) atoms. The highest BCUT2D eigenvalue weighted by atomic mass is 79.9. The third-order valence-corrected chi connectivity index (χ3v) is 4.98. The zero-order chi connectivity index (χ0) is 14.1. The van der Waals surface area contributed by atoms with E-state index in [0.717, 1.165) is 22.9 Å². The Bertz CT molecular complexity index is 628. The van der Waals surface area contributed by atoms with Crippen molar-refractivity contribution < 1.29 is 0 Å². The molecule has 0 fully saturated rings. The third-order valence-electron chi connectivity index (χ3n) is 3.70. The molecule has 3 rings (SSSR count). The molecule has 104 valence electrons. The number of likely N-dealkylation sites (N-methyl/N-ethyl adjacent to an activating group) is 1. The Morgan fingerprint density at radius 2 is 1.75 bits per heavy atom. The van der Waals surface area contributed by atoms with Crippen LogP contribution in [-0.4, -0.2) is 20.1 Å². The van der Waals surface area contributed by atoms with Gasteiger partial charge in [0.1, 0.15) is 0 Å². The number of hydrogen-bond donors (Lipinski definition) is 0. The number of hydrogen-bond acceptors (Lipinski definition) is 2. The van der Waals surface area contributed by atoms with Gasteiger partial charge in [0.25, 0.3) is 0 Å². The minimum atomic E-state index is 0.880. The second-order valence-corrected chi connectivity index (χ2v) is 6.40. The molecule has 0 saturated carbocycles. The molecule has 0 aromatic heterocycles. The van der Waals surface area contributed by atoms with E-state index in [1.54, 1.807) is 0 Å². The van der Waals surface area contributed by atoms with Gasteiger partial charge in [0.05, 0.1) is 17.1 Å². The fourth-order valence-electron chi connectivity index (χ4n) is 2.61. The van der Waals surface area contributed by atoms with Crippen molar-refractivity contribution in [2.24, 2.45) is 0 Å². The predicted molar refractivity (Wildman–Crippen MR) is 93.5 cm³/mol. The monoisotopic (exact) mass is 394 g/mol. The van der Waals surface area contributed by atoms with Crippen LogP contribution in [0.5, 0.6) is 0 Å². The highest BCUT2D eigenvalue weighted by molar-refractivity contribution is 9.10. The maximum Gasteiger partial charge on any atom is 0.0649 e. The number of anilines is 3. The van der Waals surface area contributed by atoms with E-state index in [4.69, 9.17) is 0 Å². The molecule has 0 radical (unpaired) electrons. The first-order valence-electron chi connectivity index (χ1n) is 6.63. The first-order chi connectivity index (χ1) is 9.70. The normalized spacial score (nSPS) is 14.3. The maximum atomic E-state index is 3.71. The second-order valence-electron chi connectivity index (χ2n) is 4.98. The van der Waals surface area contributed by atoms with Crippen molar-refractivity contribution in [1.82, 2.24) is 0 Å². The summed E-state index contributed by atoms with van der Waals surface area (Å²) in [5.74, 6) is 0. The molecule has 2 aromatic rings. The van der Waals surface area contributed by atoms with Gasteiger partial charge in [-0.1, -0.05) is 34.1 Å². The molecular weight excluding hydrogens is 380 g/mol. The van der Waals surface area contributed by atoms with Crippen molar-refractivity contribution in [2.75, 3.05) is 29.9 Å². The molecule has 0 unspecified atom stereocenters. The quantitative estimate of drug-likeness (QED) is 0.665. The fraction of sp³-hybridized carbons (Fsp3) is 0.250. The maximum absolute atomic E-state index is 3.71. The zero-order valence-electron chi connectivity index (χ0n) is 11.3. The summed E-state index contributed by atoms with van der Waals surface area (Å²) in [6, 6.07) is 15.1. The van der Waals surface area contributed by atoms with Gasteiger partial charge in [-0.25, -0.2) is 0 Å². The molecule has 0 atom stereocenters. The molecule has 1 aliphatic heterocycles. The molecule has 0 saturated heterocycles. The van der Waals surface area contributed by atoms with E-state index >= 15 is 0 Å². The van der Waals surface area contributed by atoms with E-state index in [9.17, 15) is 0 Å². The molecule has 1 heterocycles. The minimum Gasteiger partial charge on any atom is -0.371 e. The fourth-order valence-corrected chi connectivity index (χ4v) is 3.60. The summed E-state index contributed by atoms with van der Waals surface area (Å²) in [4.78, 5) is 4.70. The number of fused-ring (bicyclic) bond motifs is 1. The van der Waals surface area contributed by atoms with E-state index in [0.29, 0.717) is 0 Å². The van der Waals surface area contributed by atoms with Gasteiger partial charge in [-0.3, -0.25) is 0 Å². The van der Waals surface area contributed by atoms with E-state index in [1.165, 1.54) is 22.6 Å². The SMILES string of the molecule is CN1CCN(c2ccc(CBr)cc2Br)c2ccccc21. The summed E-state index contributed by atoms with van der Waals surface area (Å²) >= 11 is 7.22. The largest absolute Gasteiger partial charge is 0.371 e. The topological polar surface area (TPSA) is 6.48 Å². The molecule has 2 aromatic carbocycles. The lowest BCUT2D eigenvalue weighted by Gasteiger charge is -2.37. The van der Waals surface area contributed by atoms with Crippen molar-refractivity contribution in [1.29, 1.82) is 0 Å². The van der Waals surface area contributed by atoms with Crippen LogP contribution in [0.15, 0.2) is 46.9 Å². The van der Waals surface area contributed by atoms with Gasteiger partial charge >= 0.3 is 0 Å². The average molecular weight is 396 g/mol. The van der Waals surface area contributed by atoms with Gasteiger partial charge < -0.3 is 9.80 Å². The number of nitrogens with zero attached hydrogens (tertiary/aromatic N) is 2. The summed E-state index contributed by atoms with van der Waals surface area (Å²) in [6.07, 6.45) is 0. The van der Waals surface area contributed by atoms with Crippen molar-refractivity contribution in [3.05, 3.63) is 52.5 Å². The lowest BCUT2D eigenvalue weighted by Crippen LogP contribution is -2.36. The summed E-state index contributed by atoms with van der Waals surface area (Å²) in [5.41, 5.74) is 5.07. The summed E-state index contributed by atoms with van der Waals surface area (Å²) in [5, 5.41) is 0.880. The van der Waals surface area contributed by atoms with Crippen LogP contribution < -0.4 is 9.80 Å². The van der Waals surface area contributed by atoms with Crippen LogP contribution in [0.25, 0.3) is 0 Å². The highest BCUT2D eigenvalue weighted by Crippen LogP contribution is 2.40. The number of benzene rings is 2. The Hall–Kier alpha value is -1.00. The molecule has 0 amide bonds. The van der Waals surface area contributed by atoms with E-state index in [2.05, 4.69) is 91.2 Å². The van der Waals surface area contributed by atoms with Crippen molar-refractivity contribution in [3.63, 3.8) is 0 Å². The van der Waals surface area contributed by atoms with Crippen LogP contribution >= 0.6 is 31.9 Å². The van der Waals surface area contributed by atoms with Crippen molar-refractivity contribution in [3.8, 4) is 0 Å². The van der Waals surface area contributed by atoms with Gasteiger partial charge in [-0.15, -0.1) is 0 Å². The van der Waals surface area contributed by atoms with Gasteiger partial charge in [-0.05, 0) is 45.8 Å². The van der Waals surface area contributed by atoms with Gasteiger partial charge in [0.15, 0.2) is 0 Å². The van der Waals surface area contributed by atoms with Gasteiger partial charge in [0.2, 0.25) is 0 Å². The number of alkyl halides is 1. The Balaban J connectivity index is 2.05. The van der Waals surface area contributed by atoms with Gasteiger partial charge in [0, 0.05) is 29.9 Å². The van der Waals surface area contributed by atoms with Crippen LogP contribution in [0.4, 0.5) is 17.1 Å². The smallest absolute Gasteiger partial charge is 0.0649 e. The van der Waals surface area contributed by atoms with Crippen LogP contribution in [0.1, 0.15) is 5.56 Å². The first-order valence-corrected chi connectivity index (χ1v) is 8.54. The van der Waals surface area contributed by atoms with Crippen LogP contribution in [0.3, 0.4) is 0 Å². The Kier molecular flexibility index (Phi) is 4.03. The molecule has 0 bridgehead atoms. The second kappa shape index (κ2) is 5.78. The van der Waals surface area contributed by atoms with Gasteiger partial charge in [-0.2, -0.15) is 0 Å². The highest BCUT2D eigenvalue weighted by Gasteiger charge is 2.22. The van der Waals surface area contributed by atoms with Crippen molar-refractivity contribution in [2.45, 2.75) is 5.33 Å². The first kappa shape index (κ1) is 14.0. The number of rotatable bonds is 2. The Labute approximate surface area is 136 Å². The Morgan fingerprint density at radius 3 is 2.45 bits per heavy atom. The molecular formula is C16H16Br2N2. The average Bonchev–Trinajstić information content (AvgIpc) is 2.48. The van der Waals surface area contributed by atoms with Crippen LogP contribution in [0, 0.1) is 0 Å². The lowest BCUT2D eigenvalue weighted by molar-refractivity contribution is 0.821. The van der Waals surface area contributed by atoms with E-state index < -0.39 is 0 Å². The molecule has 2 nitrogen and oxygen atoms in total. The molecule has 0 aliphatic carbocycles. The predicted octanol–water partition coefficient (Wildman–Crippen LogP) is 4.93. The molecule has 1 aliphatic rings.